The molecule has 0 fully saturated rings. The summed E-state index contributed by atoms with van der Waals surface area (Å²) >= 11 is 5.94. The van der Waals surface area contributed by atoms with Gasteiger partial charge in [-0.25, -0.2) is 17.2 Å². The third kappa shape index (κ3) is 5.40. The van der Waals surface area contributed by atoms with Gasteiger partial charge >= 0.3 is 5.97 Å². The first kappa shape index (κ1) is 21.1. The van der Waals surface area contributed by atoms with Gasteiger partial charge in [-0.2, -0.15) is 0 Å². The maximum absolute atomic E-state index is 14.1. The van der Waals surface area contributed by atoms with E-state index in [1.807, 2.05) is 0 Å². The number of methoxy groups -OCH3 is 1. The molecule has 2 aromatic carbocycles. The molecule has 27 heavy (non-hydrogen) atoms. The van der Waals surface area contributed by atoms with Crippen molar-refractivity contribution in [3.05, 3.63) is 52.5 Å². The average Bonchev–Trinajstić information content (AvgIpc) is 2.55. The Morgan fingerprint density at radius 1 is 1.15 bits per heavy atom. The lowest BCUT2D eigenvalue weighted by atomic mass is 10.1. The summed E-state index contributed by atoms with van der Waals surface area (Å²) in [6.45, 7) is 0.634. The Bertz CT molecular complexity index is 968. The Labute approximate surface area is 160 Å². The molecule has 0 atom stereocenters. The van der Waals surface area contributed by atoms with Crippen LogP contribution >= 0.6 is 11.6 Å². The number of benzene rings is 2. The van der Waals surface area contributed by atoms with Gasteiger partial charge in [-0.15, -0.1) is 0 Å². The lowest BCUT2D eigenvalue weighted by Crippen LogP contribution is -2.11. The highest BCUT2D eigenvalue weighted by Gasteiger charge is 2.30. The van der Waals surface area contributed by atoms with E-state index in [4.69, 9.17) is 16.3 Å². The van der Waals surface area contributed by atoms with Gasteiger partial charge in [0.2, 0.25) is 0 Å². The number of carbonyl (C=O) groups is 1. The Morgan fingerprint density at radius 2 is 1.81 bits per heavy atom. The molecule has 0 amide bonds. The second-order valence-electron chi connectivity index (χ2n) is 5.93. The third-order valence-electron chi connectivity index (χ3n) is 3.66. The Kier molecular flexibility index (Phi) is 6.11. The zero-order chi connectivity index (χ0) is 20.4. The summed E-state index contributed by atoms with van der Waals surface area (Å²) in [5, 5.41) is 0.274. The zero-order valence-electron chi connectivity index (χ0n) is 14.8. The molecule has 0 spiro atoms. The molecule has 0 aliphatic heterocycles. The van der Waals surface area contributed by atoms with Crippen molar-refractivity contribution in [3.8, 4) is 11.5 Å². The summed E-state index contributed by atoms with van der Waals surface area (Å²) in [5.41, 5.74) is -0.224. The molecule has 0 saturated heterocycles. The predicted molar refractivity (Wildman–Crippen MR) is 96.4 cm³/mol. The van der Waals surface area contributed by atoms with Crippen molar-refractivity contribution in [1.82, 2.24) is 0 Å². The standard InChI is InChI=1S/C18H17ClF2O5S/c1-18(20,21)14-10-13(27(3,23)24)6-7-15(14)26-16-9-12(19)5-4-11(16)8-17(22)25-2/h4-7,9-10H,8H2,1-3H3. The summed E-state index contributed by atoms with van der Waals surface area (Å²) in [4.78, 5) is 11.3. The van der Waals surface area contributed by atoms with Crippen LogP contribution in [0.25, 0.3) is 0 Å². The molecule has 0 bridgehead atoms. The van der Waals surface area contributed by atoms with E-state index in [9.17, 15) is 22.0 Å². The third-order valence-corrected chi connectivity index (χ3v) is 5.01. The number of rotatable bonds is 6. The number of alkyl halides is 2. The van der Waals surface area contributed by atoms with E-state index in [1.165, 1.54) is 31.4 Å². The first-order valence-electron chi connectivity index (χ1n) is 7.67. The minimum atomic E-state index is -3.68. The van der Waals surface area contributed by atoms with Gasteiger partial charge in [0.05, 0.1) is 24.0 Å². The van der Waals surface area contributed by atoms with Crippen molar-refractivity contribution >= 4 is 27.4 Å². The molecule has 0 N–H and O–H groups in total. The molecule has 9 heteroatoms. The minimum absolute atomic E-state index is 0.0884. The minimum Gasteiger partial charge on any atom is -0.469 e. The van der Waals surface area contributed by atoms with E-state index in [0.717, 1.165) is 18.4 Å². The van der Waals surface area contributed by atoms with Crippen LogP contribution < -0.4 is 4.74 Å². The number of esters is 1. The van der Waals surface area contributed by atoms with Crippen LogP contribution in [-0.4, -0.2) is 27.8 Å². The molecule has 2 rings (SSSR count). The lowest BCUT2D eigenvalue weighted by molar-refractivity contribution is -0.139. The second kappa shape index (κ2) is 7.82. The van der Waals surface area contributed by atoms with Crippen LogP contribution in [0.15, 0.2) is 41.3 Å². The van der Waals surface area contributed by atoms with E-state index in [2.05, 4.69) is 4.74 Å². The molecule has 0 unspecified atom stereocenters. The van der Waals surface area contributed by atoms with Gasteiger partial charge in [0.1, 0.15) is 11.5 Å². The molecule has 0 saturated carbocycles. The van der Waals surface area contributed by atoms with Crippen LogP contribution in [0, 0.1) is 0 Å². The van der Waals surface area contributed by atoms with E-state index in [-0.39, 0.29) is 27.8 Å². The maximum Gasteiger partial charge on any atom is 0.310 e. The Hall–Kier alpha value is -2.19. The van der Waals surface area contributed by atoms with Crippen molar-refractivity contribution in [2.24, 2.45) is 0 Å². The first-order valence-corrected chi connectivity index (χ1v) is 9.94. The predicted octanol–water partition coefficient (Wildman–Crippen LogP) is 4.36. The topological polar surface area (TPSA) is 69.7 Å². The molecule has 0 radical (unpaired) electrons. The van der Waals surface area contributed by atoms with Crippen LogP contribution in [0.5, 0.6) is 11.5 Å². The van der Waals surface area contributed by atoms with Crippen LogP contribution in [0.4, 0.5) is 8.78 Å². The summed E-state index contributed by atoms with van der Waals surface area (Å²) in [7, 11) is -2.46. The van der Waals surface area contributed by atoms with Gasteiger partial charge in [-0.1, -0.05) is 17.7 Å². The molecule has 146 valence electrons. The largest absolute Gasteiger partial charge is 0.469 e. The van der Waals surface area contributed by atoms with Gasteiger partial charge in [0.25, 0.3) is 5.92 Å². The monoisotopic (exact) mass is 418 g/mol. The van der Waals surface area contributed by atoms with Gasteiger partial charge in [0, 0.05) is 23.8 Å². The number of hydrogen-bond acceptors (Lipinski definition) is 5. The van der Waals surface area contributed by atoms with Gasteiger partial charge in [-0.05, 0) is 30.3 Å². The average molecular weight is 419 g/mol. The fraction of sp³-hybridized carbons (Fsp3) is 0.278. The van der Waals surface area contributed by atoms with Crippen LogP contribution in [0.3, 0.4) is 0 Å². The number of halogens is 3. The van der Waals surface area contributed by atoms with Gasteiger partial charge < -0.3 is 9.47 Å². The summed E-state index contributed by atoms with van der Waals surface area (Å²) in [6, 6.07) is 7.60. The van der Waals surface area contributed by atoms with E-state index in [1.54, 1.807) is 0 Å². The van der Waals surface area contributed by atoms with Crippen LogP contribution in [0.1, 0.15) is 18.1 Å². The highest BCUT2D eigenvalue weighted by Crippen LogP contribution is 2.39. The summed E-state index contributed by atoms with van der Waals surface area (Å²) in [6.07, 6.45) is 0.772. The molecule has 0 aromatic heterocycles. The van der Waals surface area contributed by atoms with Gasteiger partial charge in [-0.3, -0.25) is 4.79 Å². The molecule has 5 nitrogen and oxygen atoms in total. The molecule has 0 aliphatic carbocycles. The van der Waals surface area contributed by atoms with Crippen LogP contribution in [-0.2, 0) is 31.7 Å². The highest BCUT2D eigenvalue weighted by atomic mass is 35.5. The zero-order valence-corrected chi connectivity index (χ0v) is 16.3. The fourth-order valence-corrected chi connectivity index (χ4v) is 3.10. The van der Waals surface area contributed by atoms with Gasteiger partial charge in [0.15, 0.2) is 9.84 Å². The number of hydrogen-bond donors (Lipinski definition) is 0. The lowest BCUT2D eigenvalue weighted by Gasteiger charge is -2.18. The summed E-state index contributed by atoms with van der Waals surface area (Å²) in [5.74, 6) is -4.07. The number of carbonyl (C=O) groups excluding carboxylic acids is 1. The highest BCUT2D eigenvalue weighted by molar-refractivity contribution is 7.90. The number of sulfone groups is 1. The van der Waals surface area contributed by atoms with Crippen molar-refractivity contribution in [3.63, 3.8) is 0 Å². The quantitative estimate of drug-likeness (QED) is 0.652. The van der Waals surface area contributed by atoms with E-state index >= 15 is 0 Å². The molecule has 2 aromatic rings. The molecule has 0 heterocycles. The Morgan fingerprint density at radius 3 is 2.37 bits per heavy atom. The smallest absolute Gasteiger partial charge is 0.310 e. The SMILES string of the molecule is COC(=O)Cc1ccc(Cl)cc1Oc1ccc(S(C)(=O)=O)cc1C(C)(F)F. The molecular weight excluding hydrogens is 402 g/mol. The second-order valence-corrected chi connectivity index (χ2v) is 8.38. The first-order chi connectivity index (χ1) is 12.4. The fourth-order valence-electron chi connectivity index (χ4n) is 2.29. The maximum atomic E-state index is 14.1. The van der Waals surface area contributed by atoms with Crippen molar-refractivity contribution in [2.75, 3.05) is 13.4 Å². The van der Waals surface area contributed by atoms with Crippen molar-refractivity contribution in [2.45, 2.75) is 24.2 Å². The van der Waals surface area contributed by atoms with Crippen molar-refractivity contribution in [1.29, 1.82) is 0 Å². The normalized spacial score (nSPS) is 11.9. The van der Waals surface area contributed by atoms with E-state index < -0.39 is 27.3 Å². The summed E-state index contributed by atoms with van der Waals surface area (Å²) < 4.78 is 61.7. The van der Waals surface area contributed by atoms with E-state index in [0.29, 0.717) is 12.5 Å². The molecule has 0 aliphatic rings. The Balaban J connectivity index is 2.54. The van der Waals surface area contributed by atoms with Crippen molar-refractivity contribution < 1.29 is 31.5 Å². The number of ether oxygens (including phenoxy) is 2. The van der Waals surface area contributed by atoms with Crippen LogP contribution in [0.2, 0.25) is 5.02 Å². The molecular formula is C18H17ClF2O5S.